The molecule has 2 N–H and O–H groups in total. The third-order valence-electron chi connectivity index (χ3n) is 2.08. The van der Waals surface area contributed by atoms with Crippen molar-refractivity contribution in [1.82, 2.24) is 0 Å². The Labute approximate surface area is 98.4 Å². The summed E-state index contributed by atoms with van der Waals surface area (Å²) in [6.45, 7) is 5.55. The molecule has 1 atom stereocenters. The van der Waals surface area contributed by atoms with Crippen molar-refractivity contribution in [2.75, 3.05) is 0 Å². The molecule has 4 nitrogen and oxygen atoms in total. The number of amides is 1. The van der Waals surface area contributed by atoms with Gasteiger partial charge in [-0.25, -0.2) is 4.79 Å². The number of ether oxygens (including phenoxy) is 1. The molecule has 0 aliphatic carbocycles. The summed E-state index contributed by atoms with van der Waals surface area (Å²) in [7, 11) is 0. The molecule has 0 aliphatic heterocycles. The Balaban J connectivity index is 2.70. The average molecular weight is 241 g/mol. The smallest absolute Gasteiger partial charge is 0.349 e. The van der Waals surface area contributed by atoms with Crippen molar-refractivity contribution < 1.29 is 14.3 Å². The summed E-state index contributed by atoms with van der Waals surface area (Å²) in [5, 5.41) is 0. The summed E-state index contributed by atoms with van der Waals surface area (Å²) >= 11 is 1.38. The zero-order valence-electron chi connectivity index (χ0n) is 9.52. The van der Waals surface area contributed by atoms with E-state index in [9.17, 15) is 9.59 Å². The van der Waals surface area contributed by atoms with E-state index in [0.717, 1.165) is 4.88 Å². The molecule has 0 saturated heterocycles. The number of carbonyl (C=O) groups excluding carboxylic acids is 2. The van der Waals surface area contributed by atoms with Crippen LogP contribution in [0.25, 0.3) is 0 Å². The Hall–Kier alpha value is -1.36. The quantitative estimate of drug-likeness (QED) is 0.818. The van der Waals surface area contributed by atoms with Crippen molar-refractivity contribution in [3.63, 3.8) is 0 Å². The van der Waals surface area contributed by atoms with Crippen LogP contribution in [0.4, 0.5) is 0 Å². The lowest BCUT2D eigenvalue weighted by atomic mass is 10.2. The fourth-order valence-electron chi connectivity index (χ4n) is 1.05. The van der Waals surface area contributed by atoms with E-state index in [4.69, 9.17) is 10.5 Å². The molecule has 1 amide bonds. The molecule has 0 aromatic carbocycles. The summed E-state index contributed by atoms with van der Waals surface area (Å²) < 4.78 is 4.89. The number of nitrogens with two attached hydrogens (primary N) is 1. The molecule has 0 radical (unpaired) electrons. The van der Waals surface area contributed by atoms with Gasteiger partial charge in [0.15, 0.2) is 6.10 Å². The summed E-state index contributed by atoms with van der Waals surface area (Å²) in [6, 6.07) is 3.59. The van der Waals surface area contributed by atoms with Crippen LogP contribution in [0.5, 0.6) is 0 Å². The second-order valence-electron chi connectivity index (χ2n) is 3.81. The first-order chi connectivity index (χ1) is 7.41. The third-order valence-corrected chi connectivity index (χ3v) is 3.45. The second kappa shape index (κ2) is 5.12. The highest BCUT2D eigenvalue weighted by molar-refractivity contribution is 7.14. The molecule has 16 heavy (non-hydrogen) atoms. The van der Waals surface area contributed by atoms with Gasteiger partial charge in [-0.1, -0.05) is 13.8 Å². The Morgan fingerprint density at radius 2 is 1.94 bits per heavy atom. The van der Waals surface area contributed by atoms with Crippen molar-refractivity contribution >= 4 is 23.2 Å². The van der Waals surface area contributed by atoms with E-state index in [-0.39, 0.29) is 0 Å². The van der Waals surface area contributed by atoms with E-state index in [1.807, 2.05) is 19.9 Å². The highest BCUT2D eigenvalue weighted by Gasteiger charge is 2.18. The van der Waals surface area contributed by atoms with Crippen LogP contribution in [-0.4, -0.2) is 18.0 Å². The number of rotatable bonds is 4. The van der Waals surface area contributed by atoms with Gasteiger partial charge in [-0.05, 0) is 25.0 Å². The van der Waals surface area contributed by atoms with E-state index < -0.39 is 18.0 Å². The predicted molar refractivity (Wildman–Crippen MR) is 62.5 cm³/mol. The summed E-state index contributed by atoms with van der Waals surface area (Å²) in [5.74, 6) is -0.766. The Morgan fingerprint density at radius 1 is 1.31 bits per heavy atom. The lowest BCUT2D eigenvalue weighted by Crippen LogP contribution is -2.30. The van der Waals surface area contributed by atoms with Crippen LogP contribution in [0.1, 0.15) is 41.2 Å². The van der Waals surface area contributed by atoms with Crippen LogP contribution in [0.2, 0.25) is 0 Å². The molecule has 0 fully saturated rings. The van der Waals surface area contributed by atoms with Crippen LogP contribution in [-0.2, 0) is 9.53 Å². The van der Waals surface area contributed by atoms with Crippen LogP contribution in [0.15, 0.2) is 12.1 Å². The number of primary amides is 1. The molecule has 0 aliphatic rings. The first kappa shape index (κ1) is 12.7. The van der Waals surface area contributed by atoms with Gasteiger partial charge in [-0.3, -0.25) is 4.79 Å². The minimum atomic E-state index is -0.892. The van der Waals surface area contributed by atoms with Crippen molar-refractivity contribution in [3.05, 3.63) is 21.9 Å². The Bertz CT molecular complexity index is 398. The monoisotopic (exact) mass is 241 g/mol. The van der Waals surface area contributed by atoms with E-state index in [2.05, 4.69) is 0 Å². The lowest BCUT2D eigenvalue weighted by Gasteiger charge is -2.07. The normalized spacial score (nSPS) is 12.5. The molecular formula is C11H15NO3S. The Morgan fingerprint density at radius 3 is 2.38 bits per heavy atom. The van der Waals surface area contributed by atoms with Crippen molar-refractivity contribution in [1.29, 1.82) is 0 Å². The molecule has 5 heteroatoms. The van der Waals surface area contributed by atoms with Gasteiger partial charge in [0.2, 0.25) is 0 Å². The van der Waals surface area contributed by atoms with Gasteiger partial charge in [-0.2, -0.15) is 0 Å². The van der Waals surface area contributed by atoms with Crippen molar-refractivity contribution in [2.45, 2.75) is 32.8 Å². The molecule has 1 heterocycles. The fraction of sp³-hybridized carbons (Fsp3) is 0.455. The first-order valence-corrected chi connectivity index (χ1v) is 5.83. The number of thiophene rings is 1. The standard InChI is InChI=1S/C11H15NO3S/c1-6(2)8-4-5-9(16-8)11(14)15-7(3)10(12)13/h4-7H,1-3H3,(H2,12,13)/t7-/m0/s1. The SMILES string of the molecule is CC(C)c1ccc(C(=O)O[C@@H](C)C(N)=O)s1. The summed E-state index contributed by atoms with van der Waals surface area (Å²) in [6.07, 6.45) is -0.892. The van der Waals surface area contributed by atoms with Gasteiger partial charge in [0.05, 0.1) is 0 Å². The van der Waals surface area contributed by atoms with Gasteiger partial charge >= 0.3 is 5.97 Å². The molecule has 0 unspecified atom stereocenters. The first-order valence-electron chi connectivity index (χ1n) is 5.02. The number of carbonyl (C=O) groups is 2. The molecule has 1 aromatic rings. The molecule has 1 aromatic heterocycles. The topological polar surface area (TPSA) is 69.4 Å². The molecular weight excluding hydrogens is 226 g/mol. The van der Waals surface area contributed by atoms with Crippen LogP contribution < -0.4 is 5.73 Å². The Kier molecular flexibility index (Phi) is 4.06. The highest BCUT2D eigenvalue weighted by atomic mass is 32.1. The van der Waals surface area contributed by atoms with Crippen LogP contribution in [0, 0.1) is 0 Å². The van der Waals surface area contributed by atoms with E-state index >= 15 is 0 Å². The maximum absolute atomic E-state index is 11.6. The van der Waals surface area contributed by atoms with Crippen LogP contribution >= 0.6 is 11.3 Å². The number of hydrogen-bond acceptors (Lipinski definition) is 4. The minimum Gasteiger partial charge on any atom is -0.448 e. The number of hydrogen-bond donors (Lipinski definition) is 1. The van der Waals surface area contributed by atoms with Gasteiger partial charge in [0.25, 0.3) is 5.91 Å². The maximum atomic E-state index is 11.6. The zero-order chi connectivity index (χ0) is 12.3. The van der Waals surface area contributed by atoms with E-state index in [0.29, 0.717) is 10.8 Å². The molecule has 0 spiro atoms. The molecule has 0 bridgehead atoms. The molecule has 0 saturated carbocycles. The van der Waals surface area contributed by atoms with Gasteiger partial charge in [0.1, 0.15) is 4.88 Å². The number of esters is 1. The largest absolute Gasteiger partial charge is 0.448 e. The average Bonchev–Trinajstić information content (AvgIpc) is 2.65. The maximum Gasteiger partial charge on any atom is 0.349 e. The van der Waals surface area contributed by atoms with E-state index in [1.165, 1.54) is 18.3 Å². The van der Waals surface area contributed by atoms with E-state index in [1.54, 1.807) is 6.07 Å². The molecule has 1 rings (SSSR count). The van der Waals surface area contributed by atoms with Gasteiger partial charge in [-0.15, -0.1) is 11.3 Å². The van der Waals surface area contributed by atoms with Gasteiger partial charge < -0.3 is 10.5 Å². The van der Waals surface area contributed by atoms with Gasteiger partial charge in [0, 0.05) is 4.88 Å². The predicted octanol–water partition coefficient (Wildman–Crippen LogP) is 1.90. The second-order valence-corrected chi connectivity index (χ2v) is 4.92. The highest BCUT2D eigenvalue weighted by Crippen LogP contribution is 2.24. The third kappa shape index (κ3) is 3.06. The summed E-state index contributed by atoms with van der Waals surface area (Å²) in [5.41, 5.74) is 5.00. The zero-order valence-corrected chi connectivity index (χ0v) is 10.3. The lowest BCUT2D eigenvalue weighted by molar-refractivity contribution is -0.125. The fourth-order valence-corrected chi connectivity index (χ4v) is 1.94. The minimum absolute atomic E-state index is 0.375. The van der Waals surface area contributed by atoms with Crippen molar-refractivity contribution in [2.24, 2.45) is 5.73 Å². The van der Waals surface area contributed by atoms with Crippen molar-refractivity contribution in [3.8, 4) is 0 Å². The summed E-state index contributed by atoms with van der Waals surface area (Å²) in [4.78, 5) is 23.9. The molecule has 88 valence electrons. The van der Waals surface area contributed by atoms with Crippen LogP contribution in [0.3, 0.4) is 0 Å².